The molecule has 108 valence electrons. The lowest BCUT2D eigenvalue weighted by Crippen LogP contribution is -1.93. The highest BCUT2D eigenvalue weighted by atomic mass is 16.4. The van der Waals surface area contributed by atoms with Crippen LogP contribution in [0.1, 0.15) is 5.56 Å². The quantitative estimate of drug-likeness (QED) is 0.611. The highest BCUT2D eigenvalue weighted by Crippen LogP contribution is 2.35. The summed E-state index contributed by atoms with van der Waals surface area (Å²) in [7, 11) is 0. The number of aromatic hydroxyl groups is 1. The fourth-order valence-electron chi connectivity index (χ4n) is 2.46. The molecule has 4 aromatic rings. The van der Waals surface area contributed by atoms with Gasteiger partial charge in [0.15, 0.2) is 11.2 Å². The van der Waals surface area contributed by atoms with Crippen molar-refractivity contribution in [3.63, 3.8) is 0 Å². The number of aryl methyl sites for hydroxylation is 1. The maximum absolute atomic E-state index is 10.4. The predicted molar refractivity (Wildman–Crippen MR) is 83.0 cm³/mol. The summed E-state index contributed by atoms with van der Waals surface area (Å²) in [6.45, 7) is 1.85. The van der Waals surface area contributed by atoms with Crippen molar-refractivity contribution < 1.29 is 9.52 Å². The molecule has 0 spiro atoms. The lowest BCUT2D eigenvalue weighted by Gasteiger charge is -2.09. The number of hydrogen-bond donors (Lipinski definition) is 1. The van der Waals surface area contributed by atoms with Gasteiger partial charge in [0.25, 0.3) is 0 Å². The van der Waals surface area contributed by atoms with Crippen LogP contribution in [0.4, 0.5) is 0 Å². The lowest BCUT2D eigenvalue weighted by atomic mass is 10.1. The van der Waals surface area contributed by atoms with Crippen LogP contribution in [0.3, 0.4) is 0 Å². The Morgan fingerprint density at radius 2 is 1.95 bits per heavy atom. The number of pyridine rings is 1. The molecular weight excluding hydrogens is 278 g/mol. The molecule has 5 nitrogen and oxygen atoms in total. The number of rotatable bonds is 2. The summed E-state index contributed by atoms with van der Waals surface area (Å²) >= 11 is 0. The lowest BCUT2D eigenvalue weighted by molar-refractivity contribution is 0.470. The van der Waals surface area contributed by atoms with E-state index in [4.69, 9.17) is 4.42 Å². The first-order valence-corrected chi connectivity index (χ1v) is 6.91. The van der Waals surface area contributed by atoms with Crippen molar-refractivity contribution in [1.82, 2.24) is 14.5 Å². The van der Waals surface area contributed by atoms with Gasteiger partial charge in [0.2, 0.25) is 5.89 Å². The molecule has 1 N–H and O–H groups in total. The zero-order valence-electron chi connectivity index (χ0n) is 11.9. The van der Waals surface area contributed by atoms with Crippen LogP contribution in [0.5, 0.6) is 5.75 Å². The average molecular weight is 291 g/mol. The van der Waals surface area contributed by atoms with Crippen LogP contribution in [-0.4, -0.2) is 19.6 Å². The summed E-state index contributed by atoms with van der Waals surface area (Å²) in [5.41, 5.74) is 3.38. The smallest absolute Gasteiger partial charge is 0.232 e. The molecule has 0 bridgehead atoms. The molecule has 0 amide bonds. The normalized spacial score (nSPS) is 11.1. The van der Waals surface area contributed by atoms with E-state index in [9.17, 15) is 5.11 Å². The Bertz CT molecular complexity index is 922. The number of aromatic nitrogens is 3. The number of phenols is 1. The van der Waals surface area contributed by atoms with E-state index < -0.39 is 0 Å². The van der Waals surface area contributed by atoms with Crippen LogP contribution in [0.15, 0.2) is 59.4 Å². The molecule has 0 unspecified atom stereocenters. The zero-order chi connectivity index (χ0) is 15.1. The van der Waals surface area contributed by atoms with Gasteiger partial charge in [-0.3, -0.25) is 0 Å². The minimum atomic E-state index is 0.169. The van der Waals surface area contributed by atoms with Crippen LogP contribution in [0.25, 0.3) is 28.4 Å². The van der Waals surface area contributed by atoms with Crippen LogP contribution in [0, 0.1) is 6.92 Å². The van der Waals surface area contributed by atoms with E-state index in [1.54, 1.807) is 18.3 Å². The maximum Gasteiger partial charge on any atom is 0.232 e. The molecule has 0 saturated heterocycles. The van der Waals surface area contributed by atoms with Gasteiger partial charge in [-0.25, -0.2) is 4.98 Å². The first kappa shape index (κ1) is 12.6. The fraction of sp³-hybridized carbons (Fsp3) is 0.0588. The van der Waals surface area contributed by atoms with E-state index in [0.29, 0.717) is 22.7 Å². The van der Waals surface area contributed by atoms with Gasteiger partial charge in [-0.1, -0.05) is 0 Å². The topological polar surface area (TPSA) is 64.1 Å². The van der Waals surface area contributed by atoms with Gasteiger partial charge < -0.3 is 14.1 Å². The largest absolute Gasteiger partial charge is 0.507 e. The number of phenolic OH excluding ortho intramolecular Hbond substituents is 1. The predicted octanol–water partition coefficient (Wildman–Crippen LogP) is 3.69. The second-order valence-electron chi connectivity index (χ2n) is 5.09. The van der Waals surface area contributed by atoms with Gasteiger partial charge in [-0.2, -0.15) is 4.98 Å². The summed E-state index contributed by atoms with van der Waals surface area (Å²) in [5.74, 6) is 0.533. The molecule has 3 aromatic heterocycles. The molecule has 0 radical (unpaired) electrons. The molecule has 0 saturated carbocycles. The Kier molecular flexibility index (Phi) is 2.72. The van der Waals surface area contributed by atoms with Crippen LogP contribution in [-0.2, 0) is 0 Å². The third-order valence-corrected chi connectivity index (χ3v) is 3.58. The van der Waals surface area contributed by atoms with Crippen LogP contribution < -0.4 is 0 Å². The molecule has 22 heavy (non-hydrogen) atoms. The Morgan fingerprint density at radius 3 is 2.73 bits per heavy atom. The minimum Gasteiger partial charge on any atom is -0.507 e. The van der Waals surface area contributed by atoms with Crippen molar-refractivity contribution in [2.75, 3.05) is 0 Å². The van der Waals surface area contributed by atoms with E-state index in [0.717, 1.165) is 11.3 Å². The minimum absolute atomic E-state index is 0.169. The molecular formula is C17H13N3O2. The molecule has 0 aliphatic rings. The first-order valence-electron chi connectivity index (χ1n) is 6.91. The van der Waals surface area contributed by atoms with Gasteiger partial charge in [-0.15, -0.1) is 0 Å². The average Bonchev–Trinajstić information content (AvgIpc) is 3.18. The maximum atomic E-state index is 10.4. The Labute approximate surface area is 126 Å². The molecule has 0 aliphatic carbocycles. The third kappa shape index (κ3) is 1.95. The van der Waals surface area contributed by atoms with Crippen molar-refractivity contribution in [3.05, 3.63) is 60.6 Å². The summed E-state index contributed by atoms with van der Waals surface area (Å²) in [6, 6.07) is 11.3. The van der Waals surface area contributed by atoms with Crippen molar-refractivity contribution >= 4 is 11.2 Å². The summed E-state index contributed by atoms with van der Waals surface area (Å²) in [6.07, 6.45) is 5.56. The Morgan fingerprint density at radius 1 is 1.14 bits per heavy atom. The van der Waals surface area contributed by atoms with Crippen molar-refractivity contribution in [2.45, 2.75) is 6.92 Å². The highest BCUT2D eigenvalue weighted by molar-refractivity contribution is 5.75. The zero-order valence-corrected chi connectivity index (χ0v) is 11.9. The third-order valence-electron chi connectivity index (χ3n) is 3.58. The SMILES string of the molecule is Cc1cc(-n2cccc2)cc(-c2nc3ncccc3o2)c1O. The van der Waals surface area contributed by atoms with Gasteiger partial charge >= 0.3 is 0 Å². The van der Waals surface area contributed by atoms with Gasteiger partial charge in [-0.05, 0) is 48.9 Å². The molecule has 5 heteroatoms. The Balaban J connectivity index is 1.93. The first-order chi connectivity index (χ1) is 10.7. The van der Waals surface area contributed by atoms with Gasteiger partial charge in [0.1, 0.15) is 5.75 Å². The van der Waals surface area contributed by atoms with Crippen LogP contribution >= 0.6 is 0 Å². The second-order valence-corrected chi connectivity index (χ2v) is 5.09. The van der Waals surface area contributed by atoms with Crippen molar-refractivity contribution in [2.24, 2.45) is 0 Å². The molecule has 1 aromatic carbocycles. The highest BCUT2D eigenvalue weighted by Gasteiger charge is 2.16. The van der Waals surface area contributed by atoms with Crippen LogP contribution in [0.2, 0.25) is 0 Å². The summed E-state index contributed by atoms with van der Waals surface area (Å²) in [5, 5.41) is 10.4. The monoisotopic (exact) mass is 291 g/mol. The second kappa shape index (κ2) is 4.73. The van der Waals surface area contributed by atoms with Crippen molar-refractivity contribution in [1.29, 1.82) is 0 Å². The molecule has 3 heterocycles. The number of fused-ring (bicyclic) bond motifs is 1. The molecule has 0 fully saturated rings. The van der Waals surface area contributed by atoms with E-state index in [1.165, 1.54) is 0 Å². The number of oxazole rings is 1. The Hall–Kier alpha value is -3.08. The molecule has 0 atom stereocenters. The number of nitrogens with zero attached hydrogens (tertiary/aromatic N) is 3. The number of hydrogen-bond acceptors (Lipinski definition) is 4. The molecule has 0 aliphatic heterocycles. The van der Waals surface area contributed by atoms with Gasteiger partial charge in [0.05, 0.1) is 5.56 Å². The molecule has 4 rings (SSSR count). The van der Waals surface area contributed by atoms with E-state index in [2.05, 4.69) is 9.97 Å². The summed E-state index contributed by atoms with van der Waals surface area (Å²) in [4.78, 5) is 8.52. The van der Waals surface area contributed by atoms with E-state index >= 15 is 0 Å². The van der Waals surface area contributed by atoms with Gasteiger partial charge in [0, 0.05) is 24.3 Å². The van der Waals surface area contributed by atoms with E-state index in [1.807, 2.05) is 48.1 Å². The summed E-state index contributed by atoms with van der Waals surface area (Å²) < 4.78 is 7.69. The standard InChI is InChI=1S/C17H13N3O2/c1-11-9-12(20-7-2-3-8-20)10-13(15(11)21)17-19-16-14(22-17)5-4-6-18-16/h2-10,21H,1H3. The number of benzene rings is 1. The fourth-order valence-corrected chi connectivity index (χ4v) is 2.46. The van der Waals surface area contributed by atoms with Crippen molar-refractivity contribution in [3.8, 4) is 22.9 Å². The van der Waals surface area contributed by atoms with E-state index in [-0.39, 0.29) is 5.75 Å².